The van der Waals surface area contributed by atoms with E-state index < -0.39 is 11.8 Å². The number of para-hydroxylation sites is 1. The maximum Gasteiger partial charge on any atom is 0.276 e. The van der Waals surface area contributed by atoms with E-state index in [0.29, 0.717) is 23.7 Å². The van der Waals surface area contributed by atoms with Crippen molar-refractivity contribution >= 4 is 27.7 Å². The van der Waals surface area contributed by atoms with E-state index in [0.717, 1.165) is 10.0 Å². The average Bonchev–Trinajstić information content (AvgIpc) is 2.65. The summed E-state index contributed by atoms with van der Waals surface area (Å²) in [6.07, 6.45) is 0. The molecule has 0 saturated carbocycles. The molecule has 2 amide bonds. The van der Waals surface area contributed by atoms with E-state index in [1.54, 1.807) is 24.3 Å². The van der Waals surface area contributed by atoms with Crippen LogP contribution in [0.5, 0.6) is 11.5 Å². The number of hydrogen-bond donors (Lipinski definition) is 2. The number of ether oxygens (including phenoxy) is 2. The summed E-state index contributed by atoms with van der Waals surface area (Å²) in [5.74, 6) is 0.0641. The van der Waals surface area contributed by atoms with Crippen molar-refractivity contribution in [1.82, 2.24) is 10.9 Å². The number of rotatable bonds is 6. The van der Waals surface area contributed by atoms with E-state index in [4.69, 9.17) is 9.47 Å². The maximum atomic E-state index is 12.3. The fourth-order valence-electron chi connectivity index (χ4n) is 2.39. The Labute approximate surface area is 173 Å². The van der Waals surface area contributed by atoms with Crippen LogP contribution in [0.1, 0.15) is 43.6 Å². The van der Waals surface area contributed by atoms with Crippen molar-refractivity contribution in [3.63, 3.8) is 0 Å². The molecule has 0 radical (unpaired) electrons. The molecule has 2 aromatic carbocycles. The van der Waals surface area contributed by atoms with Crippen molar-refractivity contribution in [1.29, 1.82) is 0 Å². The number of carbonyl (C=O) groups is 2. The Balaban J connectivity index is 1.89. The standard InChI is InChI=1S/C21H25BrN2O4/c1-5-27-17-9-7-6-8-15(17)20(26)24-23-19(25)13-28-18-11-10-14(12-16(18)22)21(2,3)4/h6-12H,5,13H2,1-4H3,(H,23,25)(H,24,26). The molecule has 0 aromatic heterocycles. The Morgan fingerprint density at radius 1 is 1.00 bits per heavy atom. The Kier molecular flexibility index (Phi) is 7.45. The van der Waals surface area contributed by atoms with Gasteiger partial charge in [-0.1, -0.05) is 39.0 Å². The first-order valence-corrected chi connectivity index (χ1v) is 9.75. The molecule has 2 rings (SSSR count). The van der Waals surface area contributed by atoms with Crippen molar-refractivity contribution in [3.8, 4) is 11.5 Å². The highest BCUT2D eigenvalue weighted by molar-refractivity contribution is 9.10. The number of nitrogens with one attached hydrogen (secondary N) is 2. The van der Waals surface area contributed by atoms with E-state index >= 15 is 0 Å². The van der Waals surface area contributed by atoms with Gasteiger partial charge >= 0.3 is 0 Å². The molecule has 0 heterocycles. The van der Waals surface area contributed by atoms with Crippen LogP contribution in [0.4, 0.5) is 0 Å². The molecule has 0 spiro atoms. The number of hydrazine groups is 1. The van der Waals surface area contributed by atoms with Crippen LogP contribution < -0.4 is 20.3 Å². The Hall–Kier alpha value is -2.54. The van der Waals surface area contributed by atoms with E-state index in [9.17, 15) is 9.59 Å². The number of carbonyl (C=O) groups excluding carboxylic acids is 2. The molecule has 2 N–H and O–H groups in total. The summed E-state index contributed by atoms with van der Waals surface area (Å²) in [6, 6.07) is 12.6. The first-order chi connectivity index (χ1) is 13.2. The molecule has 6 nitrogen and oxygen atoms in total. The minimum atomic E-state index is -0.478. The average molecular weight is 449 g/mol. The third-order valence-corrected chi connectivity index (χ3v) is 4.52. The summed E-state index contributed by atoms with van der Waals surface area (Å²) in [7, 11) is 0. The monoisotopic (exact) mass is 448 g/mol. The fourth-order valence-corrected chi connectivity index (χ4v) is 2.89. The smallest absolute Gasteiger partial charge is 0.276 e. The normalized spacial score (nSPS) is 10.9. The van der Waals surface area contributed by atoms with Crippen LogP contribution in [-0.2, 0) is 10.2 Å². The van der Waals surface area contributed by atoms with Crippen LogP contribution in [0.2, 0.25) is 0 Å². The fraction of sp³-hybridized carbons (Fsp3) is 0.333. The third-order valence-electron chi connectivity index (χ3n) is 3.90. The minimum absolute atomic E-state index is 0.0144. The summed E-state index contributed by atoms with van der Waals surface area (Å²) < 4.78 is 11.7. The molecule has 2 aromatic rings. The third kappa shape index (κ3) is 5.99. The lowest BCUT2D eigenvalue weighted by Gasteiger charge is -2.20. The van der Waals surface area contributed by atoms with Crippen molar-refractivity contribution < 1.29 is 19.1 Å². The largest absolute Gasteiger partial charge is 0.493 e. The van der Waals surface area contributed by atoms with Gasteiger partial charge in [0.05, 0.1) is 16.6 Å². The lowest BCUT2D eigenvalue weighted by Crippen LogP contribution is -2.44. The van der Waals surface area contributed by atoms with Crippen molar-refractivity contribution in [2.75, 3.05) is 13.2 Å². The molecule has 0 bridgehead atoms. The van der Waals surface area contributed by atoms with Crippen LogP contribution in [0.15, 0.2) is 46.9 Å². The van der Waals surface area contributed by atoms with Gasteiger partial charge in [0, 0.05) is 0 Å². The van der Waals surface area contributed by atoms with Crippen LogP contribution in [0.25, 0.3) is 0 Å². The van der Waals surface area contributed by atoms with Gasteiger partial charge < -0.3 is 9.47 Å². The zero-order chi connectivity index (χ0) is 20.7. The molecule has 0 saturated heterocycles. The topological polar surface area (TPSA) is 76.7 Å². The Morgan fingerprint density at radius 2 is 1.71 bits per heavy atom. The Bertz CT molecular complexity index is 847. The molecule has 150 valence electrons. The highest BCUT2D eigenvalue weighted by Crippen LogP contribution is 2.31. The molecule has 0 unspecified atom stereocenters. The van der Waals surface area contributed by atoms with Crippen molar-refractivity contribution in [3.05, 3.63) is 58.1 Å². The van der Waals surface area contributed by atoms with Gasteiger partial charge in [-0.05, 0) is 58.1 Å². The van der Waals surface area contributed by atoms with Gasteiger partial charge in [-0.2, -0.15) is 0 Å². The summed E-state index contributed by atoms with van der Waals surface area (Å²) in [6.45, 7) is 8.40. The SMILES string of the molecule is CCOc1ccccc1C(=O)NNC(=O)COc1ccc(C(C)(C)C)cc1Br. The van der Waals surface area contributed by atoms with Crippen LogP contribution >= 0.6 is 15.9 Å². The van der Waals surface area contributed by atoms with Gasteiger partial charge in [0.25, 0.3) is 11.8 Å². The second-order valence-corrected chi connectivity index (χ2v) is 7.97. The molecular weight excluding hydrogens is 424 g/mol. The second kappa shape index (κ2) is 9.59. The van der Waals surface area contributed by atoms with Crippen LogP contribution in [0.3, 0.4) is 0 Å². The quantitative estimate of drug-likeness (QED) is 0.655. The first kappa shape index (κ1) is 21.8. The maximum absolute atomic E-state index is 12.3. The minimum Gasteiger partial charge on any atom is -0.493 e. The van der Waals surface area contributed by atoms with Crippen LogP contribution in [0, 0.1) is 0 Å². The second-order valence-electron chi connectivity index (χ2n) is 7.12. The molecule has 0 aliphatic heterocycles. The highest BCUT2D eigenvalue weighted by Gasteiger charge is 2.16. The lowest BCUT2D eigenvalue weighted by atomic mass is 9.87. The van der Waals surface area contributed by atoms with E-state index in [2.05, 4.69) is 47.6 Å². The van der Waals surface area contributed by atoms with Gasteiger partial charge in [0.15, 0.2) is 6.61 Å². The van der Waals surface area contributed by atoms with Crippen molar-refractivity contribution in [2.45, 2.75) is 33.1 Å². The van der Waals surface area contributed by atoms with E-state index in [1.165, 1.54) is 0 Å². The first-order valence-electron chi connectivity index (χ1n) is 8.96. The van der Waals surface area contributed by atoms with E-state index in [-0.39, 0.29) is 12.0 Å². The number of halogens is 1. The predicted octanol–water partition coefficient (Wildman–Crippen LogP) is 3.99. The summed E-state index contributed by atoms with van der Waals surface area (Å²) >= 11 is 3.46. The molecule has 0 aliphatic carbocycles. The molecule has 28 heavy (non-hydrogen) atoms. The number of benzene rings is 2. The van der Waals surface area contributed by atoms with Gasteiger partial charge in [-0.3, -0.25) is 20.4 Å². The lowest BCUT2D eigenvalue weighted by molar-refractivity contribution is -0.123. The zero-order valence-electron chi connectivity index (χ0n) is 16.5. The summed E-state index contributed by atoms with van der Waals surface area (Å²) in [5, 5.41) is 0. The summed E-state index contributed by atoms with van der Waals surface area (Å²) in [4.78, 5) is 24.3. The highest BCUT2D eigenvalue weighted by atomic mass is 79.9. The van der Waals surface area contributed by atoms with Crippen molar-refractivity contribution in [2.24, 2.45) is 0 Å². The molecular formula is C21H25BrN2O4. The summed E-state index contributed by atoms with van der Waals surface area (Å²) in [5.41, 5.74) is 6.21. The molecule has 0 aliphatic rings. The Morgan fingerprint density at radius 3 is 2.36 bits per heavy atom. The molecule has 7 heteroatoms. The molecule has 0 atom stereocenters. The number of hydrogen-bond acceptors (Lipinski definition) is 4. The van der Waals surface area contributed by atoms with Crippen LogP contribution in [-0.4, -0.2) is 25.0 Å². The van der Waals surface area contributed by atoms with Gasteiger partial charge in [0.1, 0.15) is 11.5 Å². The van der Waals surface area contributed by atoms with E-state index in [1.807, 2.05) is 25.1 Å². The predicted molar refractivity (Wildman–Crippen MR) is 112 cm³/mol. The number of amides is 2. The van der Waals surface area contributed by atoms with Gasteiger partial charge in [-0.25, -0.2) is 0 Å². The molecule has 0 fully saturated rings. The van der Waals surface area contributed by atoms with Gasteiger partial charge in [-0.15, -0.1) is 0 Å². The zero-order valence-corrected chi connectivity index (χ0v) is 18.1. The van der Waals surface area contributed by atoms with Gasteiger partial charge in [0.2, 0.25) is 0 Å².